The molecule has 0 saturated carbocycles. The molecule has 0 bridgehead atoms. The minimum Gasteiger partial charge on any atom is -0.274 e. The Morgan fingerprint density at radius 1 is 1.15 bits per heavy atom. The zero-order valence-corrected chi connectivity index (χ0v) is 7.19. The van der Waals surface area contributed by atoms with Gasteiger partial charge in [-0.15, -0.1) is 0 Å². The zero-order valence-electron chi connectivity index (χ0n) is 6.44. The van der Waals surface area contributed by atoms with Gasteiger partial charge >= 0.3 is 6.18 Å². The minimum absolute atomic E-state index is 0.0969. The molecule has 0 unspecified atom stereocenters. The lowest BCUT2D eigenvalue weighted by Crippen LogP contribution is -2.04. The Kier molecular flexibility index (Phi) is 3.17. The van der Waals surface area contributed by atoms with E-state index in [2.05, 4.69) is 4.29 Å². The van der Waals surface area contributed by atoms with Crippen molar-refractivity contribution in [2.24, 2.45) is 0 Å². The summed E-state index contributed by atoms with van der Waals surface area (Å²) in [7, 11) is 0. The predicted octanol–water partition coefficient (Wildman–Crippen LogP) is 3.38. The van der Waals surface area contributed by atoms with Crippen LogP contribution in [0.2, 0.25) is 0 Å². The fourth-order valence-electron chi connectivity index (χ4n) is 0.853. The van der Waals surface area contributed by atoms with Gasteiger partial charge in [-0.05, 0) is 17.7 Å². The van der Waals surface area contributed by atoms with E-state index in [1.807, 2.05) is 0 Å². The number of benzene rings is 1. The Balaban J connectivity index is 2.81. The van der Waals surface area contributed by atoms with Crippen molar-refractivity contribution in [3.05, 3.63) is 35.4 Å². The van der Waals surface area contributed by atoms with Gasteiger partial charge in [-0.1, -0.05) is 12.1 Å². The number of alkyl halides is 3. The number of hydrogen-bond acceptors (Lipinski definition) is 1. The smallest absolute Gasteiger partial charge is 0.274 e. The molecule has 0 atom stereocenters. The van der Waals surface area contributed by atoms with Crippen molar-refractivity contribution in [3.8, 4) is 0 Å². The van der Waals surface area contributed by atoms with E-state index in [0.29, 0.717) is 5.56 Å². The van der Waals surface area contributed by atoms with Gasteiger partial charge in [0.25, 0.3) is 0 Å². The number of hydrogen-bond donors (Lipinski definition) is 0. The third-order valence-electron chi connectivity index (χ3n) is 1.50. The summed E-state index contributed by atoms with van der Waals surface area (Å²) in [4.78, 5) is 0. The Hall–Kier alpha value is -0.740. The first kappa shape index (κ1) is 10.3. The van der Waals surface area contributed by atoms with E-state index < -0.39 is 11.7 Å². The van der Waals surface area contributed by atoms with Gasteiger partial charge in [-0.2, -0.15) is 13.2 Å². The van der Waals surface area contributed by atoms with Crippen molar-refractivity contribution >= 4 is 11.9 Å². The summed E-state index contributed by atoms with van der Waals surface area (Å²) in [6.07, 6.45) is -4.29. The summed E-state index contributed by atoms with van der Waals surface area (Å²) >= 11 is 4.94. The first-order valence-electron chi connectivity index (χ1n) is 3.43. The Morgan fingerprint density at radius 3 is 2.08 bits per heavy atom. The molecule has 1 rings (SSSR count). The van der Waals surface area contributed by atoms with Crippen LogP contribution in [0, 0.1) is 0 Å². The van der Waals surface area contributed by atoms with Crippen LogP contribution in [-0.4, -0.2) is 0 Å². The SMILES string of the molecule is FC(F)(F)c1ccc(COCl)cc1. The van der Waals surface area contributed by atoms with Crippen LogP contribution in [0.3, 0.4) is 0 Å². The standard InChI is InChI=1S/C8H6ClF3O/c9-13-5-6-1-3-7(4-2-6)8(10,11)12/h1-4H,5H2. The van der Waals surface area contributed by atoms with Gasteiger partial charge in [-0.25, -0.2) is 0 Å². The van der Waals surface area contributed by atoms with E-state index in [-0.39, 0.29) is 6.61 Å². The minimum atomic E-state index is -4.29. The predicted molar refractivity (Wildman–Crippen MR) is 42.1 cm³/mol. The largest absolute Gasteiger partial charge is 0.416 e. The Bertz CT molecular complexity index is 268. The summed E-state index contributed by atoms with van der Waals surface area (Å²) in [5.41, 5.74) is -0.0752. The molecule has 0 spiro atoms. The summed E-state index contributed by atoms with van der Waals surface area (Å²) in [5, 5.41) is 0. The maximum Gasteiger partial charge on any atom is 0.416 e. The van der Waals surface area contributed by atoms with E-state index >= 15 is 0 Å². The van der Waals surface area contributed by atoms with Crippen LogP contribution in [0.5, 0.6) is 0 Å². The number of rotatable bonds is 2. The van der Waals surface area contributed by atoms with Crippen molar-refractivity contribution in [2.75, 3.05) is 0 Å². The van der Waals surface area contributed by atoms with E-state index in [1.54, 1.807) is 0 Å². The second-order valence-electron chi connectivity index (χ2n) is 2.45. The molecule has 0 amide bonds. The summed E-state index contributed by atoms with van der Waals surface area (Å²) in [6, 6.07) is 4.63. The fourth-order valence-corrected chi connectivity index (χ4v) is 0.979. The summed E-state index contributed by atoms with van der Waals surface area (Å²) in [6.45, 7) is 0.0969. The van der Waals surface area contributed by atoms with E-state index in [0.717, 1.165) is 12.1 Å². The molecule has 0 aromatic heterocycles. The van der Waals surface area contributed by atoms with Crippen molar-refractivity contribution in [1.82, 2.24) is 0 Å². The van der Waals surface area contributed by atoms with Gasteiger partial charge in [0.05, 0.1) is 24.0 Å². The zero-order chi connectivity index (χ0) is 9.90. The molecule has 0 heterocycles. The first-order valence-corrected chi connectivity index (χ1v) is 3.74. The molecule has 1 aromatic carbocycles. The van der Waals surface area contributed by atoms with E-state index in [4.69, 9.17) is 11.9 Å². The molecular formula is C8H6ClF3O. The third kappa shape index (κ3) is 2.90. The lowest BCUT2D eigenvalue weighted by atomic mass is 10.1. The lowest BCUT2D eigenvalue weighted by Gasteiger charge is -2.06. The second-order valence-corrected chi connectivity index (χ2v) is 2.67. The van der Waals surface area contributed by atoms with Crippen LogP contribution in [0.1, 0.15) is 11.1 Å². The molecule has 0 fully saturated rings. The molecule has 72 valence electrons. The van der Waals surface area contributed by atoms with Gasteiger partial charge in [-0.3, -0.25) is 4.29 Å². The van der Waals surface area contributed by atoms with Crippen molar-refractivity contribution in [2.45, 2.75) is 12.8 Å². The highest BCUT2D eigenvalue weighted by Gasteiger charge is 2.29. The van der Waals surface area contributed by atoms with Gasteiger partial charge in [0.1, 0.15) is 0 Å². The van der Waals surface area contributed by atoms with Gasteiger partial charge in [0, 0.05) is 0 Å². The average Bonchev–Trinajstić information content (AvgIpc) is 2.04. The molecule has 1 nitrogen and oxygen atoms in total. The van der Waals surface area contributed by atoms with Crippen LogP contribution in [0.15, 0.2) is 24.3 Å². The van der Waals surface area contributed by atoms with Crippen LogP contribution >= 0.6 is 11.9 Å². The normalized spacial score (nSPS) is 11.7. The van der Waals surface area contributed by atoms with Crippen LogP contribution in [-0.2, 0) is 17.1 Å². The topological polar surface area (TPSA) is 9.23 Å². The van der Waals surface area contributed by atoms with Gasteiger partial charge in [0.15, 0.2) is 0 Å². The van der Waals surface area contributed by atoms with Gasteiger partial charge in [0.2, 0.25) is 0 Å². The lowest BCUT2D eigenvalue weighted by molar-refractivity contribution is -0.137. The van der Waals surface area contributed by atoms with E-state index in [9.17, 15) is 13.2 Å². The Labute approximate surface area is 78.2 Å². The molecule has 0 saturated heterocycles. The molecule has 1 aromatic rings. The van der Waals surface area contributed by atoms with E-state index in [1.165, 1.54) is 12.1 Å². The maximum atomic E-state index is 12.0. The molecule has 0 N–H and O–H groups in total. The van der Waals surface area contributed by atoms with Crippen LogP contribution in [0.25, 0.3) is 0 Å². The highest BCUT2D eigenvalue weighted by molar-refractivity contribution is 6.07. The second kappa shape index (κ2) is 3.98. The fraction of sp³-hybridized carbons (Fsp3) is 0.250. The average molecular weight is 211 g/mol. The highest BCUT2D eigenvalue weighted by atomic mass is 35.5. The summed E-state index contributed by atoms with van der Waals surface area (Å²) in [5.74, 6) is 0. The van der Waals surface area contributed by atoms with Crippen molar-refractivity contribution < 1.29 is 17.5 Å². The third-order valence-corrected chi connectivity index (χ3v) is 1.61. The highest BCUT2D eigenvalue weighted by Crippen LogP contribution is 2.29. The molecule has 0 aliphatic carbocycles. The van der Waals surface area contributed by atoms with Crippen molar-refractivity contribution in [1.29, 1.82) is 0 Å². The molecular weight excluding hydrogens is 205 g/mol. The van der Waals surface area contributed by atoms with Crippen LogP contribution < -0.4 is 0 Å². The quantitative estimate of drug-likeness (QED) is 0.727. The summed E-state index contributed by atoms with van der Waals surface area (Å²) < 4.78 is 40.4. The first-order chi connectivity index (χ1) is 6.04. The molecule has 5 heteroatoms. The molecule has 13 heavy (non-hydrogen) atoms. The Morgan fingerprint density at radius 2 is 1.69 bits per heavy atom. The molecule has 0 radical (unpaired) electrons. The number of halogens is 4. The molecule has 0 aliphatic rings. The van der Waals surface area contributed by atoms with Crippen LogP contribution in [0.4, 0.5) is 13.2 Å². The molecule has 0 aliphatic heterocycles. The van der Waals surface area contributed by atoms with Gasteiger partial charge < -0.3 is 0 Å². The monoisotopic (exact) mass is 210 g/mol. The maximum absolute atomic E-state index is 12.0. The van der Waals surface area contributed by atoms with Crippen molar-refractivity contribution in [3.63, 3.8) is 0 Å².